The van der Waals surface area contributed by atoms with Crippen LogP contribution in [0.3, 0.4) is 0 Å². The monoisotopic (exact) mass is 270 g/mol. The van der Waals surface area contributed by atoms with Gasteiger partial charge in [0.25, 0.3) is 0 Å². The Balaban J connectivity index is 4.33. The lowest BCUT2D eigenvalue weighted by Crippen LogP contribution is -2.49. The number of methoxy groups -OCH3 is 1. The summed E-state index contributed by atoms with van der Waals surface area (Å²) < 4.78 is 42.3. The van der Waals surface area contributed by atoms with Gasteiger partial charge in [-0.2, -0.15) is 13.2 Å². The van der Waals surface area contributed by atoms with Gasteiger partial charge in [0, 0.05) is 19.7 Å². The Morgan fingerprint density at radius 2 is 1.83 bits per heavy atom. The molecular weight excluding hydrogens is 245 g/mol. The van der Waals surface area contributed by atoms with Gasteiger partial charge >= 0.3 is 6.18 Å². The highest BCUT2D eigenvalue weighted by molar-refractivity contribution is 4.75. The van der Waals surface area contributed by atoms with E-state index in [1.807, 2.05) is 0 Å². The number of hydrogen-bond donors (Lipinski definition) is 1. The van der Waals surface area contributed by atoms with Crippen LogP contribution in [0.5, 0.6) is 0 Å². The Kier molecular flexibility index (Phi) is 8.56. The first kappa shape index (κ1) is 17.7. The third-order valence-electron chi connectivity index (χ3n) is 2.60. The molecule has 1 N–H and O–H groups in total. The second kappa shape index (κ2) is 8.72. The van der Waals surface area contributed by atoms with Crippen LogP contribution in [0.15, 0.2) is 0 Å². The highest BCUT2D eigenvalue weighted by Gasteiger charge is 2.33. The maximum Gasteiger partial charge on any atom is 0.401 e. The van der Waals surface area contributed by atoms with Crippen molar-refractivity contribution < 1.29 is 17.9 Å². The summed E-state index contributed by atoms with van der Waals surface area (Å²) in [5.41, 5.74) is 0. The number of likely N-dealkylation sites (N-methyl/N-ethyl adjacent to an activating group) is 1. The van der Waals surface area contributed by atoms with E-state index in [-0.39, 0.29) is 6.04 Å². The van der Waals surface area contributed by atoms with Crippen molar-refractivity contribution in [1.29, 1.82) is 0 Å². The molecule has 0 aliphatic heterocycles. The predicted octanol–water partition coefficient (Wildman–Crippen LogP) is 2.13. The largest absolute Gasteiger partial charge is 0.401 e. The number of rotatable bonds is 9. The quantitative estimate of drug-likeness (QED) is 0.694. The maximum atomic E-state index is 12.4. The summed E-state index contributed by atoms with van der Waals surface area (Å²) in [7, 11) is 1.51. The molecule has 18 heavy (non-hydrogen) atoms. The molecule has 0 aliphatic rings. The molecule has 3 nitrogen and oxygen atoms in total. The van der Waals surface area contributed by atoms with Gasteiger partial charge in [-0.05, 0) is 19.0 Å². The first-order valence-electron chi connectivity index (χ1n) is 6.30. The van der Waals surface area contributed by atoms with Crippen LogP contribution in [-0.4, -0.2) is 57.0 Å². The van der Waals surface area contributed by atoms with Crippen molar-refractivity contribution in [3.8, 4) is 0 Å². The van der Waals surface area contributed by atoms with Crippen molar-refractivity contribution >= 4 is 0 Å². The van der Waals surface area contributed by atoms with E-state index in [1.54, 1.807) is 6.92 Å². The minimum atomic E-state index is -4.17. The molecule has 0 heterocycles. The van der Waals surface area contributed by atoms with Gasteiger partial charge in [-0.25, -0.2) is 0 Å². The van der Waals surface area contributed by atoms with Gasteiger partial charge < -0.3 is 10.1 Å². The maximum absolute atomic E-state index is 12.4. The molecule has 0 bridgehead atoms. The summed E-state index contributed by atoms with van der Waals surface area (Å²) >= 11 is 0. The van der Waals surface area contributed by atoms with Crippen LogP contribution < -0.4 is 5.32 Å². The lowest BCUT2D eigenvalue weighted by Gasteiger charge is -2.31. The number of nitrogens with one attached hydrogen (secondary N) is 1. The first-order chi connectivity index (χ1) is 8.30. The summed E-state index contributed by atoms with van der Waals surface area (Å²) in [6, 6.07) is -0.250. The molecule has 0 aromatic heterocycles. The average Bonchev–Trinajstić information content (AvgIpc) is 2.23. The number of hydrogen-bond acceptors (Lipinski definition) is 3. The molecule has 0 aliphatic carbocycles. The average molecular weight is 270 g/mol. The van der Waals surface area contributed by atoms with Crippen LogP contribution in [0.2, 0.25) is 0 Å². The van der Waals surface area contributed by atoms with Gasteiger partial charge in [0.15, 0.2) is 0 Å². The number of nitrogens with zero attached hydrogens (tertiary/aromatic N) is 1. The normalized spacial score (nSPS) is 14.5. The van der Waals surface area contributed by atoms with Gasteiger partial charge in [-0.15, -0.1) is 0 Å². The van der Waals surface area contributed by atoms with E-state index in [9.17, 15) is 13.2 Å². The van der Waals surface area contributed by atoms with Crippen LogP contribution in [-0.2, 0) is 4.74 Å². The van der Waals surface area contributed by atoms with Crippen molar-refractivity contribution in [2.75, 3.05) is 39.9 Å². The van der Waals surface area contributed by atoms with Crippen molar-refractivity contribution in [2.45, 2.75) is 33.0 Å². The van der Waals surface area contributed by atoms with Gasteiger partial charge in [0.05, 0.1) is 13.2 Å². The molecule has 0 aromatic carbocycles. The topological polar surface area (TPSA) is 24.5 Å². The smallest absolute Gasteiger partial charge is 0.383 e. The molecule has 0 saturated carbocycles. The van der Waals surface area contributed by atoms with Crippen LogP contribution in [0, 0.1) is 5.92 Å². The van der Waals surface area contributed by atoms with Crippen LogP contribution >= 0.6 is 0 Å². The summed E-state index contributed by atoms with van der Waals surface area (Å²) in [6.45, 7) is 6.93. The molecule has 6 heteroatoms. The minimum Gasteiger partial charge on any atom is -0.383 e. The van der Waals surface area contributed by atoms with Crippen molar-refractivity contribution in [3.05, 3.63) is 0 Å². The number of ether oxygens (including phenoxy) is 1. The molecule has 0 rings (SSSR count). The van der Waals surface area contributed by atoms with E-state index in [1.165, 1.54) is 12.0 Å². The molecule has 0 aromatic rings. The lowest BCUT2D eigenvalue weighted by atomic mass is 10.2. The summed E-state index contributed by atoms with van der Waals surface area (Å²) in [5.74, 6) is 0.478. The molecule has 0 fully saturated rings. The lowest BCUT2D eigenvalue weighted by molar-refractivity contribution is -0.152. The molecular formula is C12H25F3N2O. The standard InChI is InChI=1S/C12H25F3N2O/c1-5-17(9-12(13,14)15)11(8-18-4)7-16-6-10(2)3/h10-11,16H,5-9H2,1-4H3. The zero-order valence-corrected chi connectivity index (χ0v) is 11.7. The predicted molar refractivity (Wildman–Crippen MR) is 66.7 cm³/mol. The molecule has 1 unspecified atom stereocenters. The minimum absolute atomic E-state index is 0.250. The fourth-order valence-corrected chi connectivity index (χ4v) is 1.75. The Hall–Kier alpha value is -0.330. The summed E-state index contributed by atoms with van der Waals surface area (Å²) in [6.07, 6.45) is -4.17. The van der Waals surface area contributed by atoms with Gasteiger partial charge in [0.1, 0.15) is 0 Å². The van der Waals surface area contributed by atoms with E-state index >= 15 is 0 Å². The highest BCUT2D eigenvalue weighted by atomic mass is 19.4. The third kappa shape index (κ3) is 8.72. The van der Waals surface area contributed by atoms with Crippen molar-refractivity contribution in [3.63, 3.8) is 0 Å². The fourth-order valence-electron chi connectivity index (χ4n) is 1.75. The van der Waals surface area contributed by atoms with Crippen LogP contribution in [0.4, 0.5) is 13.2 Å². The van der Waals surface area contributed by atoms with Crippen molar-refractivity contribution in [1.82, 2.24) is 10.2 Å². The Morgan fingerprint density at radius 3 is 2.22 bits per heavy atom. The molecule has 1 atom stereocenters. The molecule has 0 amide bonds. The molecule has 0 saturated heterocycles. The zero-order chi connectivity index (χ0) is 14.2. The Morgan fingerprint density at radius 1 is 1.22 bits per heavy atom. The SMILES string of the molecule is CCN(CC(F)(F)F)C(CNCC(C)C)COC. The zero-order valence-electron chi connectivity index (χ0n) is 11.7. The third-order valence-corrected chi connectivity index (χ3v) is 2.60. The summed E-state index contributed by atoms with van der Waals surface area (Å²) in [4.78, 5) is 1.40. The first-order valence-corrected chi connectivity index (χ1v) is 6.30. The van der Waals surface area contributed by atoms with Crippen molar-refractivity contribution in [2.24, 2.45) is 5.92 Å². The van der Waals surface area contributed by atoms with Crippen LogP contribution in [0.1, 0.15) is 20.8 Å². The van der Waals surface area contributed by atoms with E-state index < -0.39 is 12.7 Å². The fraction of sp³-hybridized carbons (Fsp3) is 1.00. The van der Waals surface area contributed by atoms with Gasteiger partial charge in [-0.1, -0.05) is 20.8 Å². The van der Waals surface area contributed by atoms with Gasteiger partial charge in [0.2, 0.25) is 0 Å². The Labute approximate surface area is 108 Å². The van der Waals surface area contributed by atoms with E-state index in [2.05, 4.69) is 19.2 Å². The van der Waals surface area contributed by atoms with E-state index in [0.717, 1.165) is 6.54 Å². The van der Waals surface area contributed by atoms with E-state index in [4.69, 9.17) is 4.74 Å². The van der Waals surface area contributed by atoms with Crippen LogP contribution in [0.25, 0.3) is 0 Å². The Bertz CT molecular complexity index is 210. The molecule has 110 valence electrons. The van der Waals surface area contributed by atoms with E-state index in [0.29, 0.717) is 25.6 Å². The number of halogens is 3. The summed E-state index contributed by atoms with van der Waals surface area (Å²) in [5, 5.41) is 3.18. The highest BCUT2D eigenvalue weighted by Crippen LogP contribution is 2.17. The number of alkyl halides is 3. The van der Waals surface area contributed by atoms with Gasteiger partial charge in [-0.3, -0.25) is 4.90 Å². The molecule has 0 spiro atoms. The second-order valence-corrected chi connectivity index (χ2v) is 4.84. The molecule has 0 radical (unpaired) electrons. The second-order valence-electron chi connectivity index (χ2n) is 4.84.